The second-order valence-electron chi connectivity index (χ2n) is 5.35. The zero-order valence-electron chi connectivity index (χ0n) is 13.1. The van der Waals surface area contributed by atoms with E-state index in [1.54, 1.807) is 7.11 Å². The highest BCUT2D eigenvalue weighted by atomic mass is 16.5. The highest BCUT2D eigenvalue weighted by Crippen LogP contribution is 2.20. The van der Waals surface area contributed by atoms with E-state index in [2.05, 4.69) is 36.2 Å². The van der Waals surface area contributed by atoms with Crippen molar-refractivity contribution in [3.63, 3.8) is 0 Å². The topological polar surface area (TPSA) is 60.2 Å². The SMILES string of the molecule is CCNC(Cc1nc(-c2ccc(OC)cc2)no1)C(C)C. The van der Waals surface area contributed by atoms with Crippen LogP contribution in [0.15, 0.2) is 28.8 Å². The van der Waals surface area contributed by atoms with Gasteiger partial charge in [0.05, 0.1) is 7.11 Å². The van der Waals surface area contributed by atoms with E-state index in [-0.39, 0.29) is 0 Å². The summed E-state index contributed by atoms with van der Waals surface area (Å²) < 4.78 is 10.5. The normalized spacial score (nSPS) is 12.6. The summed E-state index contributed by atoms with van der Waals surface area (Å²) in [5.74, 6) is 2.61. The first-order valence-corrected chi connectivity index (χ1v) is 7.34. The summed E-state index contributed by atoms with van der Waals surface area (Å²) in [6, 6.07) is 7.98. The van der Waals surface area contributed by atoms with Crippen LogP contribution in [0.3, 0.4) is 0 Å². The fourth-order valence-electron chi connectivity index (χ4n) is 2.19. The number of hydrogen-bond donors (Lipinski definition) is 1. The average molecular weight is 289 g/mol. The van der Waals surface area contributed by atoms with Gasteiger partial charge in [-0.05, 0) is 36.7 Å². The summed E-state index contributed by atoms with van der Waals surface area (Å²) in [7, 11) is 1.65. The van der Waals surface area contributed by atoms with Crippen LogP contribution in [0.4, 0.5) is 0 Å². The average Bonchev–Trinajstić information content (AvgIpc) is 2.95. The maximum Gasteiger partial charge on any atom is 0.228 e. The van der Waals surface area contributed by atoms with Crippen molar-refractivity contribution in [2.45, 2.75) is 33.2 Å². The summed E-state index contributed by atoms with van der Waals surface area (Å²) in [6.07, 6.45) is 0.745. The molecule has 0 bridgehead atoms. The Morgan fingerprint density at radius 1 is 1.24 bits per heavy atom. The Kier molecular flexibility index (Phi) is 5.33. The molecule has 2 rings (SSSR count). The maximum absolute atomic E-state index is 5.37. The first-order valence-electron chi connectivity index (χ1n) is 7.34. The summed E-state index contributed by atoms with van der Waals surface area (Å²) >= 11 is 0. The molecule has 2 aromatic rings. The summed E-state index contributed by atoms with van der Waals surface area (Å²) in [6.45, 7) is 7.41. The molecule has 1 atom stereocenters. The highest BCUT2D eigenvalue weighted by Gasteiger charge is 2.17. The lowest BCUT2D eigenvalue weighted by molar-refractivity contribution is 0.329. The lowest BCUT2D eigenvalue weighted by atomic mass is 10.0. The van der Waals surface area contributed by atoms with Gasteiger partial charge in [-0.2, -0.15) is 4.98 Å². The van der Waals surface area contributed by atoms with Gasteiger partial charge >= 0.3 is 0 Å². The van der Waals surface area contributed by atoms with Gasteiger partial charge in [-0.3, -0.25) is 0 Å². The smallest absolute Gasteiger partial charge is 0.228 e. The molecular weight excluding hydrogens is 266 g/mol. The van der Waals surface area contributed by atoms with E-state index in [4.69, 9.17) is 9.26 Å². The number of aromatic nitrogens is 2. The number of likely N-dealkylation sites (N-methyl/N-ethyl adjacent to an activating group) is 1. The van der Waals surface area contributed by atoms with E-state index in [0.717, 1.165) is 24.3 Å². The summed E-state index contributed by atoms with van der Waals surface area (Å²) in [5, 5.41) is 7.51. The van der Waals surface area contributed by atoms with Gasteiger partial charge in [-0.25, -0.2) is 0 Å². The van der Waals surface area contributed by atoms with Gasteiger partial charge in [0.15, 0.2) is 0 Å². The number of ether oxygens (including phenoxy) is 1. The van der Waals surface area contributed by atoms with Crippen molar-refractivity contribution in [2.75, 3.05) is 13.7 Å². The zero-order chi connectivity index (χ0) is 15.2. The molecule has 5 heteroatoms. The van der Waals surface area contributed by atoms with Crippen LogP contribution >= 0.6 is 0 Å². The molecule has 0 spiro atoms. The first kappa shape index (κ1) is 15.5. The minimum Gasteiger partial charge on any atom is -0.497 e. The van der Waals surface area contributed by atoms with E-state index in [1.165, 1.54) is 0 Å². The quantitative estimate of drug-likeness (QED) is 0.849. The van der Waals surface area contributed by atoms with Crippen LogP contribution in [0.2, 0.25) is 0 Å². The molecule has 114 valence electrons. The van der Waals surface area contributed by atoms with Crippen molar-refractivity contribution in [1.82, 2.24) is 15.5 Å². The number of methoxy groups -OCH3 is 1. The number of benzene rings is 1. The van der Waals surface area contributed by atoms with Crippen molar-refractivity contribution in [1.29, 1.82) is 0 Å². The molecule has 1 heterocycles. The van der Waals surface area contributed by atoms with Gasteiger partial charge in [-0.15, -0.1) is 0 Å². The Morgan fingerprint density at radius 3 is 2.52 bits per heavy atom. The van der Waals surface area contributed by atoms with E-state index < -0.39 is 0 Å². The van der Waals surface area contributed by atoms with E-state index in [0.29, 0.717) is 23.7 Å². The Hall–Kier alpha value is -1.88. The molecule has 0 aliphatic rings. The van der Waals surface area contributed by atoms with Crippen LogP contribution in [0.1, 0.15) is 26.7 Å². The zero-order valence-corrected chi connectivity index (χ0v) is 13.1. The standard InChI is InChI=1S/C16H23N3O2/c1-5-17-14(11(2)3)10-15-18-16(19-21-15)12-6-8-13(20-4)9-7-12/h6-9,11,14,17H,5,10H2,1-4H3. The van der Waals surface area contributed by atoms with Gasteiger partial charge in [0.1, 0.15) is 5.75 Å². The minimum absolute atomic E-state index is 0.346. The van der Waals surface area contributed by atoms with Gasteiger partial charge < -0.3 is 14.6 Å². The van der Waals surface area contributed by atoms with Gasteiger partial charge in [0.25, 0.3) is 0 Å². The molecule has 5 nitrogen and oxygen atoms in total. The maximum atomic E-state index is 5.37. The fraction of sp³-hybridized carbons (Fsp3) is 0.500. The van der Waals surface area contributed by atoms with Crippen molar-refractivity contribution in [2.24, 2.45) is 5.92 Å². The summed E-state index contributed by atoms with van der Waals surface area (Å²) in [4.78, 5) is 4.48. The van der Waals surface area contributed by atoms with Crippen LogP contribution in [0.25, 0.3) is 11.4 Å². The van der Waals surface area contributed by atoms with Crippen LogP contribution < -0.4 is 10.1 Å². The van der Waals surface area contributed by atoms with Crippen molar-refractivity contribution < 1.29 is 9.26 Å². The Morgan fingerprint density at radius 2 is 1.95 bits per heavy atom. The van der Waals surface area contributed by atoms with Crippen LogP contribution in [0.5, 0.6) is 5.75 Å². The minimum atomic E-state index is 0.346. The third-order valence-electron chi connectivity index (χ3n) is 3.48. The molecule has 0 radical (unpaired) electrons. The fourth-order valence-corrected chi connectivity index (χ4v) is 2.19. The predicted molar refractivity (Wildman–Crippen MR) is 82.3 cm³/mol. The van der Waals surface area contributed by atoms with Gasteiger partial charge in [0, 0.05) is 18.0 Å². The highest BCUT2D eigenvalue weighted by molar-refractivity contribution is 5.55. The van der Waals surface area contributed by atoms with Crippen molar-refractivity contribution in [3.05, 3.63) is 30.2 Å². The first-order chi connectivity index (χ1) is 10.1. The molecular formula is C16H23N3O2. The third-order valence-corrected chi connectivity index (χ3v) is 3.48. The Labute approximate surface area is 125 Å². The molecule has 0 fully saturated rings. The molecule has 0 aliphatic carbocycles. The molecule has 1 N–H and O–H groups in total. The molecule has 0 saturated carbocycles. The van der Waals surface area contributed by atoms with Gasteiger partial charge in [0.2, 0.25) is 11.7 Å². The largest absolute Gasteiger partial charge is 0.497 e. The Balaban J connectivity index is 2.09. The summed E-state index contributed by atoms with van der Waals surface area (Å²) in [5.41, 5.74) is 0.926. The number of nitrogens with one attached hydrogen (secondary N) is 1. The monoisotopic (exact) mass is 289 g/mol. The number of rotatable bonds is 7. The van der Waals surface area contributed by atoms with E-state index >= 15 is 0 Å². The van der Waals surface area contributed by atoms with Crippen LogP contribution in [-0.2, 0) is 6.42 Å². The second-order valence-corrected chi connectivity index (χ2v) is 5.35. The second kappa shape index (κ2) is 7.22. The van der Waals surface area contributed by atoms with Gasteiger partial charge in [-0.1, -0.05) is 25.9 Å². The molecule has 0 amide bonds. The van der Waals surface area contributed by atoms with Crippen molar-refractivity contribution >= 4 is 0 Å². The lowest BCUT2D eigenvalue weighted by Gasteiger charge is -2.19. The number of nitrogens with zero attached hydrogens (tertiary/aromatic N) is 2. The van der Waals surface area contributed by atoms with E-state index in [1.807, 2.05) is 24.3 Å². The number of hydrogen-bond acceptors (Lipinski definition) is 5. The molecule has 1 aromatic heterocycles. The predicted octanol–water partition coefficient (Wildman–Crippen LogP) is 2.92. The van der Waals surface area contributed by atoms with Crippen LogP contribution in [-0.4, -0.2) is 29.8 Å². The third kappa shape index (κ3) is 4.04. The Bertz CT molecular complexity index is 549. The molecule has 0 saturated heterocycles. The molecule has 0 aliphatic heterocycles. The van der Waals surface area contributed by atoms with E-state index in [9.17, 15) is 0 Å². The van der Waals surface area contributed by atoms with Crippen molar-refractivity contribution in [3.8, 4) is 17.1 Å². The lowest BCUT2D eigenvalue weighted by Crippen LogP contribution is -2.35. The molecule has 21 heavy (non-hydrogen) atoms. The van der Waals surface area contributed by atoms with Crippen LogP contribution in [0, 0.1) is 5.92 Å². The molecule has 1 unspecified atom stereocenters. The molecule has 1 aromatic carbocycles.